The molecule has 1 aliphatic rings. The van der Waals surface area contributed by atoms with Crippen molar-refractivity contribution in [3.05, 3.63) is 28.8 Å². The van der Waals surface area contributed by atoms with Gasteiger partial charge in [0.05, 0.1) is 12.1 Å². The van der Waals surface area contributed by atoms with E-state index in [2.05, 4.69) is 11.4 Å². The van der Waals surface area contributed by atoms with Crippen LogP contribution in [0, 0.1) is 0 Å². The summed E-state index contributed by atoms with van der Waals surface area (Å²) >= 11 is 6.07. The molecule has 2 rings (SSSR count). The molecule has 0 aliphatic heterocycles. The maximum atomic E-state index is 6.07. The predicted molar refractivity (Wildman–Crippen MR) is 67.1 cm³/mol. The van der Waals surface area contributed by atoms with Crippen molar-refractivity contribution in [2.45, 2.75) is 38.3 Å². The molecule has 0 aromatic heterocycles. The monoisotopic (exact) mass is 239 g/mol. The Hall–Kier alpha value is -0.730. The first kappa shape index (κ1) is 11.7. The van der Waals surface area contributed by atoms with E-state index in [1.54, 1.807) is 7.11 Å². The van der Waals surface area contributed by atoms with Crippen LogP contribution >= 0.6 is 11.6 Å². The lowest BCUT2D eigenvalue weighted by atomic mass is 10.2. The minimum atomic E-state index is 0.688. The second-order valence-electron chi connectivity index (χ2n) is 4.33. The first-order valence-electron chi connectivity index (χ1n) is 5.85. The highest BCUT2D eigenvalue weighted by Crippen LogP contribution is 2.25. The van der Waals surface area contributed by atoms with Gasteiger partial charge in [0.25, 0.3) is 0 Å². The summed E-state index contributed by atoms with van der Waals surface area (Å²) in [6.45, 7) is 0.897. The Morgan fingerprint density at radius 1 is 1.38 bits per heavy atom. The molecule has 0 spiro atoms. The molecule has 0 radical (unpaired) electrons. The van der Waals surface area contributed by atoms with E-state index in [1.165, 1.54) is 31.2 Å². The van der Waals surface area contributed by atoms with Gasteiger partial charge < -0.3 is 10.1 Å². The molecule has 88 valence electrons. The molecule has 3 heteroatoms. The van der Waals surface area contributed by atoms with Crippen LogP contribution < -0.4 is 10.1 Å². The Morgan fingerprint density at radius 3 is 2.75 bits per heavy atom. The van der Waals surface area contributed by atoms with E-state index in [4.69, 9.17) is 16.3 Å². The Kier molecular flexibility index (Phi) is 4.08. The van der Waals surface area contributed by atoms with Gasteiger partial charge in [0.1, 0.15) is 5.75 Å². The van der Waals surface area contributed by atoms with Crippen LogP contribution in [0.5, 0.6) is 5.75 Å². The largest absolute Gasteiger partial charge is 0.495 e. The van der Waals surface area contributed by atoms with E-state index < -0.39 is 0 Å². The van der Waals surface area contributed by atoms with Crippen molar-refractivity contribution in [3.8, 4) is 5.75 Å². The van der Waals surface area contributed by atoms with Crippen molar-refractivity contribution < 1.29 is 4.74 Å². The lowest BCUT2D eigenvalue weighted by molar-refractivity contribution is 0.414. The fourth-order valence-electron chi connectivity index (χ4n) is 2.21. The number of hydrogen-bond acceptors (Lipinski definition) is 2. The van der Waals surface area contributed by atoms with Gasteiger partial charge >= 0.3 is 0 Å². The van der Waals surface area contributed by atoms with Gasteiger partial charge in [-0.25, -0.2) is 0 Å². The Morgan fingerprint density at radius 2 is 2.12 bits per heavy atom. The maximum Gasteiger partial charge on any atom is 0.137 e. The minimum Gasteiger partial charge on any atom is -0.495 e. The SMILES string of the molecule is COc1ccc(CNC2CCCC2)cc1Cl. The zero-order valence-electron chi connectivity index (χ0n) is 9.63. The van der Waals surface area contributed by atoms with Gasteiger partial charge in [0.15, 0.2) is 0 Å². The Balaban J connectivity index is 1.91. The fourth-order valence-corrected chi connectivity index (χ4v) is 2.49. The highest BCUT2D eigenvalue weighted by molar-refractivity contribution is 6.32. The summed E-state index contributed by atoms with van der Waals surface area (Å²) in [5.41, 5.74) is 1.22. The van der Waals surface area contributed by atoms with Gasteiger partial charge in [-0.15, -0.1) is 0 Å². The molecular weight excluding hydrogens is 222 g/mol. The highest BCUT2D eigenvalue weighted by atomic mass is 35.5. The van der Waals surface area contributed by atoms with E-state index in [1.807, 2.05) is 12.1 Å². The number of methoxy groups -OCH3 is 1. The highest BCUT2D eigenvalue weighted by Gasteiger charge is 2.13. The van der Waals surface area contributed by atoms with Crippen LogP contribution in [-0.4, -0.2) is 13.2 Å². The van der Waals surface area contributed by atoms with Crippen LogP contribution in [0.1, 0.15) is 31.2 Å². The summed E-state index contributed by atoms with van der Waals surface area (Å²) in [6, 6.07) is 6.66. The molecule has 2 nitrogen and oxygen atoms in total. The summed E-state index contributed by atoms with van der Waals surface area (Å²) in [5.74, 6) is 0.742. The molecule has 0 atom stereocenters. The number of halogens is 1. The van der Waals surface area contributed by atoms with Crippen LogP contribution in [-0.2, 0) is 6.54 Å². The third-order valence-electron chi connectivity index (χ3n) is 3.17. The number of rotatable bonds is 4. The molecule has 0 unspecified atom stereocenters. The molecule has 1 saturated carbocycles. The molecule has 1 N–H and O–H groups in total. The standard InChI is InChI=1S/C13H18ClNO/c1-16-13-7-6-10(8-12(13)14)9-15-11-4-2-3-5-11/h6-8,11,15H,2-5,9H2,1H3. The number of hydrogen-bond donors (Lipinski definition) is 1. The first-order chi connectivity index (χ1) is 7.79. The molecule has 1 aliphatic carbocycles. The zero-order valence-corrected chi connectivity index (χ0v) is 10.4. The predicted octanol–water partition coefficient (Wildman–Crippen LogP) is 3.38. The van der Waals surface area contributed by atoms with Crippen LogP contribution in [0.4, 0.5) is 0 Å². The van der Waals surface area contributed by atoms with Crippen LogP contribution in [0.15, 0.2) is 18.2 Å². The van der Waals surface area contributed by atoms with Crippen molar-refractivity contribution in [1.29, 1.82) is 0 Å². The molecule has 0 amide bonds. The third kappa shape index (κ3) is 2.89. The summed E-state index contributed by atoms with van der Waals surface area (Å²) in [7, 11) is 1.64. The quantitative estimate of drug-likeness (QED) is 0.870. The van der Waals surface area contributed by atoms with Gasteiger partial charge in [0, 0.05) is 12.6 Å². The van der Waals surface area contributed by atoms with Gasteiger partial charge in [0.2, 0.25) is 0 Å². The minimum absolute atomic E-state index is 0.688. The van der Waals surface area contributed by atoms with Gasteiger partial charge in [-0.3, -0.25) is 0 Å². The van der Waals surface area contributed by atoms with E-state index >= 15 is 0 Å². The topological polar surface area (TPSA) is 21.3 Å². The fraction of sp³-hybridized carbons (Fsp3) is 0.538. The molecule has 1 aromatic rings. The molecule has 0 heterocycles. The van der Waals surface area contributed by atoms with Crippen LogP contribution in [0.2, 0.25) is 5.02 Å². The summed E-state index contributed by atoms with van der Waals surface area (Å²) in [5, 5.41) is 4.25. The lowest BCUT2D eigenvalue weighted by Crippen LogP contribution is -2.25. The molecule has 0 bridgehead atoms. The zero-order chi connectivity index (χ0) is 11.4. The van der Waals surface area contributed by atoms with Crippen molar-refractivity contribution >= 4 is 11.6 Å². The van der Waals surface area contributed by atoms with Crippen molar-refractivity contribution in [1.82, 2.24) is 5.32 Å². The molecular formula is C13H18ClNO. The number of benzene rings is 1. The molecule has 16 heavy (non-hydrogen) atoms. The Bertz CT molecular complexity index is 348. The molecule has 0 saturated heterocycles. The third-order valence-corrected chi connectivity index (χ3v) is 3.46. The summed E-state index contributed by atoms with van der Waals surface area (Å²) in [6.07, 6.45) is 5.34. The smallest absolute Gasteiger partial charge is 0.137 e. The first-order valence-corrected chi connectivity index (χ1v) is 6.23. The van der Waals surface area contributed by atoms with E-state index in [-0.39, 0.29) is 0 Å². The van der Waals surface area contributed by atoms with E-state index in [0.29, 0.717) is 11.1 Å². The van der Waals surface area contributed by atoms with E-state index in [9.17, 15) is 0 Å². The number of ether oxygens (including phenoxy) is 1. The molecule has 1 fully saturated rings. The second-order valence-corrected chi connectivity index (χ2v) is 4.74. The lowest BCUT2D eigenvalue weighted by Gasteiger charge is -2.12. The van der Waals surface area contributed by atoms with Crippen molar-refractivity contribution in [3.63, 3.8) is 0 Å². The molecule has 1 aromatic carbocycles. The van der Waals surface area contributed by atoms with Crippen LogP contribution in [0.25, 0.3) is 0 Å². The summed E-state index contributed by atoms with van der Waals surface area (Å²) in [4.78, 5) is 0. The maximum absolute atomic E-state index is 6.07. The normalized spacial score (nSPS) is 16.6. The van der Waals surface area contributed by atoms with Crippen molar-refractivity contribution in [2.75, 3.05) is 7.11 Å². The van der Waals surface area contributed by atoms with Crippen LogP contribution in [0.3, 0.4) is 0 Å². The van der Waals surface area contributed by atoms with Gasteiger partial charge in [-0.1, -0.05) is 30.5 Å². The van der Waals surface area contributed by atoms with Gasteiger partial charge in [-0.05, 0) is 30.5 Å². The average Bonchev–Trinajstić information content (AvgIpc) is 2.79. The van der Waals surface area contributed by atoms with E-state index in [0.717, 1.165) is 12.3 Å². The summed E-state index contributed by atoms with van der Waals surface area (Å²) < 4.78 is 5.13. The second kappa shape index (κ2) is 5.55. The van der Waals surface area contributed by atoms with Gasteiger partial charge in [-0.2, -0.15) is 0 Å². The number of nitrogens with one attached hydrogen (secondary N) is 1. The van der Waals surface area contributed by atoms with Crippen molar-refractivity contribution in [2.24, 2.45) is 0 Å². The average molecular weight is 240 g/mol. The Labute approximate surface area is 102 Å².